The molecule has 2 heterocycles. The van der Waals surface area contributed by atoms with Crippen LogP contribution < -0.4 is 10.0 Å². The predicted octanol–water partition coefficient (Wildman–Crippen LogP) is 1.84. The molecular formula is C18H26N4O3S2. The van der Waals surface area contributed by atoms with Crippen LogP contribution in [0.4, 0.5) is 5.00 Å². The van der Waals surface area contributed by atoms with Crippen LogP contribution in [0.1, 0.15) is 48.1 Å². The normalized spacial score (nSPS) is 18.7. The van der Waals surface area contributed by atoms with Gasteiger partial charge in [-0.3, -0.25) is 4.79 Å². The van der Waals surface area contributed by atoms with Gasteiger partial charge < -0.3 is 10.2 Å². The zero-order chi connectivity index (χ0) is 19.4. The number of likely N-dealkylation sites (tertiary alicyclic amines) is 1. The third-order valence-corrected chi connectivity index (χ3v) is 7.13. The highest BCUT2D eigenvalue weighted by Gasteiger charge is 2.23. The first-order valence-corrected chi connectivity index (χ1v) is 12.1. The second-order valence-corrected chi connectivity index (χ2v) is 10.2. The number of thiophene rings is 1. The minimum atomic E-state index is -3.17. The van der Waals surface area contributed by atoms with Crippen LogP contribution in [0, 0.1) is 11.3 Å². The molecule has 7 nitrogen and oxygen atoms in total. The summed E-state index contributed by atoms with van der Waals surface area (Å²) in [4.78, 5) is 15.8. The fourth-order valence-electron chi connectivity index (χ4n) is 3.80. The molecule has 1 aliphatic heterocycles. The lowest BCUT2D eigenvalue weighted by atomic mass is 9.96. The number of anilines is 1. The van der Waals surface area contributed by atoms with Gasteiger partial charge in [-0.2, -0.15) is 5.26 Å². The van der Waals surface area contributed by atoms with Crippen molar-refractivity contribution >= 4 is 32.3 Å². The van der Waals surface area contributed by atoms with Crippen LogP contribution in [0.15, 0.2) is 0 Å². The van der Waals surface area contributed by atoms with Crippen molar-refractivity contribution in [3.8, 4) is 6.07 Å². The number of aryl methyl sites for hydroxylation is 1. The maximum Gasteiger partial charge on any atom is 0.226 e. The monoisotopic (exact) mass is 410 g/mol. The lowest BCUT2D eigenvalue weighted by Crippen LogP contribution is -2.44. The first-order valence-electron chi connectivity index (χ1n) is 9.40. The van der Waals surface area contributed by atoms with Gasteiger partial charge in [0, 0.05) is 23.9 Å². The van der Waals surface area contributed by atoms with E-state index < -0.39 is 10.0 Å². The molecule has 2 N–H and O–H groups in total. The number of nitriles is 1. The zero-order valence-electron chi connectivity index (χ0n) is 15.6. The van der Waals surface area contributed by atoms with E-state index in [1.54, 1.807) is 11.3 Å². The molecule has 1 saturated heterocycles. The van der Waals surface area contributed by atoms with E-state index >= 15 is 0 Å². The molecule has 0 radical (unpaired) electrons. The Morgan fingerprint density at radius 1 is 1.30 bits per heavy atom. The molecule has 148 valence electrons. The fourth-order valence-corrected chi connectivity index (χ4v) is 5.90. The van der Waals surface area contributed by atoms with Crippen molar-refractivity contribution in [2.75, 3.05) is 31.2 Å². The molecule has 27 heavy (non-hydrogen) atoms. The third kappa shape index (κ3) is 5.51. The summed E-state index contributed by atoms with van der Waals surface area (Å²) in [5.74, 6) is -0.0681. The maximum absolute atomic E-state index is 12.4. The third-order valence-electron chi connectivity index (χ3n) is 5.16. The summed E-state index contributed by atoms with van der Waals surface area (Å²) in [5.41, 5.74) is 1.78. The highest BCUT2D eigenvalue weighted by Crippen LogP contribution is 2.37. The summed E-state index contributed by atoms with van der Waals surface area (Å²) in [5, 5.41) is 13.1. The number of sulfonamides is 1. The van der Waals surface area contributed by atoms with Crippen molar-refractivity contribution in [2.24, 2.45) is 0 Å². The van der Waals surface area contributed by atoms with Crippen molar-refractivity contribution in [3.63, 3.8) is 0 Å². The first-order chi connectivity index (χ1) is 12.9. The lowest BCUT2D eigenvalue weighted by Gasteiger charge is -2.31. The number of hydrogen-bond donors (Lipinski definition) is 2. The lowest BCUT2D eigenvalue weighted by molar-refractivity contribution is -0.116. The van der Waals surface area contributed by atoms with Crippen molar-refractivity contribution in [2.45, 2.75) is 51.0 Å². The summed E-state index contributed by atoms with van der Waals surface area (Å²) in [6.45, 7) is 2.19. The molecule has 0 bridgehead atoms. The molecule has 0 saturated carbocycles. The van der Waals surface area contributed by atoms with E-state index in [0.29, 0.717) is 23.5 Å². The minimum Gasteiger partial charge on any atom is -0.317 e. The molecule has 0 unspecified atom stereocenters. The molecule has 1 aromatic rings. The molecule has 3 rings (SSSR count). The summed E-state index contributed by atoms with van der Waals surface area (Å²) in [6, 6.07) is 2.25. The van der Waals surface area contributed by atoms with E-state index in [9.17, 15) is 18.5 Å². The van der Waals surface area contributed by atoms with Crippen molar-refractivity contribution < 1.29 is 13.2 Å². The average Bonchev–Trinajstić information content (AvgIpc) is 2.96. The number of nitrogens with zero attached hydrogens (tertiary/aromatic N) is 2. The Bertz CT molecular complexity index is 834. The van der Waals surface area contributed by atoms with Crippen LogP contribution in [0.25, 0.3) is 0 Å². The zero-order valence-corrected chi connectivity index (χ0v) is 17.2. The Balaban J connectivity index is 1.47. The summed E-state index contributed by atoms with van der Waals surface area (Å²) in [6.07, 6.45) is 7.25. The van der Waals surface area contributed by atoms with Crippen molar-refractivity contribution in [3.05, 3.63) is 16.0 Å². The number of amides is 1. The van der Waals surface area contributed by atoms with E-state index in [1.807, 2.05) is 0 Å². The number of rotatable bonds is 6. The molecule has 1 fully saturated rings. The van der Waals surface area contributed by atoms with Gasteiger partial charge in [-0.1, -0.05) is 0 Å². The van der Waals surface area contributed by atoms with Gasteiger partial charge in [0.25, 0.3) is 0 Å². The Kier molecular flexibility index (Phi) is 6.52. The number of hydrogen-bond acceptors (Lipinski definition) is 6. The largest absolute Gasteiger partial charge is 0.317 e. The molecule has 9 heteroatoms. The quantitative estimate of drug-likeness (QED) is 0.745. The van der Waals surface area contributed by atoms with Gasteiger partial charge in [0.1, 0.15) is 11.1 Å². The van der Waals surface area contributed by atoms with E-state index in [2.05, 4.69) is 21.0 Å². The molecule has 0 spiro atoms. The molecule has 2 aliphatic rings. The number of fused-ring (bicyclic) bond motifs is 1. The highest BCUT2D eigenvalue weighted by molar-refractivity contribution is 7.88. The molecule has 0 atom stereocenters. The standard InChI is InChI=1S/C18H26N4O3S2/c1-27(24,25)21-13-6-9-22(10-7-13)11-8-17(23)20-18-15(12-19)14-4-2-3-5-16(14)26-18/h13,21H,2-11H2,1H3,(H,20,23). The van der Waals surface area contributed by atoms with Crippen LogP contribution in [-0.2, 0) is 27.7 Å². The summed E-state index contributed by atoms with van der Waals surface area (Å²) < 4.78 is 25.2. The summed E-state index contributed by atoms with van der Waals surface area (Å²) >= 11 is 1.55. The number of carbonyl (C=O) groups is 1. The minimum absolute atomic E-state index is 0.0132. The first kappa shape index (κ1) is 20.3. The van der Waals surface area contributed by atoms with Crippen LogP contribution in [-0.4, -0.2) is 51.2 Å². The van der Waals surface area contributed by atoms with Crippen LogP contribution in [0.3, 0.4) is 0 Å². The molecule has 0 aromatic carbocycles. The molecule has 1 aliphatic carbocycles. The van der Waals surface area contributed by atoms with Crippen LogP contribution >= 0.6 is 11.3 Å². The number of carbonyl (C=O) groups excluding carboxylic acids is 1. The molecular weight excluding hydrogens is 384 g/mol. The van der Waals surface area contributed by atoms with Crippen molar-refractivity contribution in [1.82, 2.24) is 9.62 Å². The van der Waals surface area contributed by atoms with Gasteiger partial charge in [-0.15, -0.1) is 11.3 Å². The topological polar surface area (TPSA) is 102 Å². The van der Waals surface area contributed by atoms with Gasteiger partial charge in [-0.05, 0) is 57.2 Å². The average molecular weight is 411 g/mol. The van der Waals surface area contributed by atoms with Gasteiger partial charge in [0.2, 0.25) is 15.9 Å². The fraction of sp³-hybridized carbons (Fsp3) is 0.667. The van der Waals surface area contributed by atoms with Gasteiger partial charge in [0.15, 0.2) is 0 Å². The van der Waals surface area contributed by atoms with E-state index in [1.165, 1.54) is 11.1 Å². The second-order valence-electron chi connectivity index (χ2n) is 7.33. The highest BCUT2D eigenvalue weighted by atomic mass is 32.2. The Morgan fingerprint density at radius 3 is 2.67 bits per heavy atom. The summed E-state index contributed by atoms with van der Waals surface area (Å²) in [7, 11) is -3.17. The SMILES string of the molecule is CS(=O)(=O)NC1CCN(CCC(=O)Nc2sc3c(c2C#N)CCCC3)CC1. The van der Waals surface area contributed by atoms with Gasteiger partial charge in [0.05, 0.1) is 11.8 Å². The molecule has 1 amide bonds. The smallest absolute Gasteiger partial charge is 0.226 e. The Hall–Kier alpha value is -1.47. The Morgan fingerprint density at radius 2 is 2.00 bits per heavy atom. The number of piperidine rings is 1. The van der Waals surface area contributed by atoms with E-state index in [4.69, 9.17) is 0 Å². The van der Waals surface area contributed by atoms with E-state index in [0.717, 1.165) is 57.2 Å². The Labute approximate surface area is 164 Å². The van der Waals surface area contributed by atoms with Gasteiger partial charge >= 0.3 is 0 Å². The van der Waals surface area contributed by atoms with Crippen molar-refractivity contribution in [1.29, 1.82) is 5.26 Å². The number of nitrogens with one attached hydrogen (secondary N) is 2. The molecule has 1 aromatic heterocycles. The second kappa shape index (κ2) is 8.69. The maximum atomic E-state index is 12.4. The van der Waals surface area contributed by atoms with E-state index in [-0.39, 0.29) is 11.9 Å². The van der Waals surface area contributed by atoms with Crippen LogP contribution in [0.2, 0.25) is 0 Å². The van der Waals surface area contributed by atoms with Gasteiger partial charge in [-0.25, -0.2) is 13.1 Å². The van der Waals surface area contributed by atoms with Crippen LogP contribution in [0.5, 0.6) is 0 Å². The predicted molar refractivity (Wildman–Crippen MR) is 106 cm³/mol.